The number of urea groups is 1. The highest BCUT2D eigenvalue weighted by Crippen LogP contribution is 2.13. The smallest absolute Gasteiger partial charge is 0.315 e. The zero-order chi connectivity index (χ0) is 18.9. The summed E-state index contributed by atoms with van der Waals surface area (Å²) in [7, 11) is 0. The molecule has 2 heterocycles. The summed E-state index contributed by atoms with van der Waals surface area (Å²) in [5.41, 5.74) is 2.43. The van der Waals surface area contributed by atoms with Gasteiger partial charge in [-0.1, -0.05) is 24.3 Å². The zero-order valence-electron chi connectivity index (χ0n) is 16.3. The summed E-state index contributed by atoms with van der Waals surface area (Å²) in [6.45, 7) is 11.1. The highest BCUT2D eigenvalue weighted by atomic mass is 16.5. The van der Waals surface area contributed by atoms with E-state index in [2.05, 4.69) is 45.6 Å². The number of hydrogen-bond acceptors (Lipinski definition) is 5. The summed E-state index contributed by atoms with van der Waals surface area (Å²) in [4.78, 5) is 17.0. The third-order valence-corrected chi connectivity index (χ3v) is 5.28. The molecule has 1 unspecified atom stereocenters. The highest BCUT2D eigenvalue weighted by Gasteiger charge is 2.17. The molecular formula is C20H32N4O3. The fourth-order valence-electron chi connectivity index (χ4n) is 3.51. The number of morpholine rings is 2. The predicted molar refractivity (Wildman–Crippen MR) is 105 cm³/mol. The number of carbonyl (C=O) groups is 1. The molecule has 27 heavy (non-hydrogen) atoms. The van der Waals surface area contributed by atoms with E-state index in [1.807, 2.05) is 6.07 Å². The molecule has 1 atom stereocenters. The highest BCUT2D eigenvalue weighted by molar-refractivity contribution is 5.73. The maximum atomic E-state index is 12.2. The van der Waals surface area contributed by atoms with Gasteiger partial charge in [-0.15, -0.1) is 0 Å². The second-order valence-corrected chi connectivity index (χ2v) is 7.22. The maximum Gasteiger partial charge on any atom is 0.315 e. The molecule has 1 aromatic carbocycles. The van der Waals surface area contributed by atoms with Gasteiger partial charge in [0.25, 0.3) is 0 Å². The molecule has 0 bridgehead atoms. The Morgan fingerprint density at radius 3 is 2.33 bits per heavy atom. The third kappa shape index (κ3) is 6.46. The second kappa shape index (κ2) is 10.6. The van der Waals surface area contributed by atoms with Crippen molar-refractivity contribution in [1.29, 1.82) is 0 Å². The molecule has 1 aromatic rings. The van der Waals surface area contributed by atoms with Crippen LogP contribution in [0.5, 0.6) is 0 Å². The Hall–Kier alpha value is -1.67. The summed E-state index contributed by atoms with van der Waals surface area (Å²) in [6, 6.07) is 8.52. The lowest BCUT2D eigenvalue weighted by molar-refractivity contribution is 0.0209. The fraction of sp³-hybridized carbons (Fsp3) is 0.650. The van der Waals surface area contributed by atoms with E-state index in [1.54, 1.807) is 0 Å². The van der Waals surface area contributed by atoms with E-state index in [0.717, 1.165) is 59.2 Å². The van der Waals surface area contributed by atoms with Gasteiger partial charge >= 0.3 is 6.03 Å². The number of rotatable bonds is 7. The first-order valence-electron chi connectivity index (χ1n) is 9.93. The lowest BCUT2D eigenvalue weighted by Gasteiger charge is -2.32. The van der Waals surface area contributed by atoms with Crippen molar-refractivity contribution in [2.75, 3.05) is 59.2 Å². The molecule has 150 valence electrons. The van der Waals surface area contributed by atoms with Gasteiger partial charge in [-0.3, -0.25) is 9.80 Å². The van der Waals surface area contributed by atoms with E-state index in [-0.39, 0.29) is 6.03 Å². The van der Waals surface area contributed by atoms with E-state index in [4.69, 9.17) is 9.47 Å². The van der Waals surface area contributed by atoms with Crippen molar-refractivity contribution in [2.24, 2.45) is 0 Å². The molecule has 3 rings (SSSR count). The molecule has 2 aliphatic rings. The molecular weight excluding hydrogens is 344 g/mol. The van der Waals surface area contributed by atoms with E-state index < -0.39 is 0 Å². The third-order valence-electron chi connectivity index (χ3n) is 5.28. The number of benzene rings is 1. The van der Waals surface area contributed by atoms with Gasteiger partial charge in [0.2, 0.25) is 0 Å². The molecule has 2 N–H and O–H groups in total. The van der Waals surface area contributed by atoms with Crippen molar-refractivity contribution in [3.8, 4) is 0 Å². The zero-order valence-corrected chi connectivity index (χ0v) is 16.3. The topological polar surface area (TPSA) is 66.1 Å². The van der Waals surface area contributed by atoms with Crippen LogP contribution in [-0.4, -0.2) is 81.0 Å². The first kappa shape index (κ1) is 20.1. The van der Waals surface area contributed by atoms with Crippen molar-refractivity contribution in [3.05, 3.63) is 35.4 Å². The normalized spacial score (nSPS) is 20.2. The largest absolute Gasteiger partial charge is 0.379 e. The Labute approximate surface area is 162 Å². The van der Waals surface area contributed by atoms with Crippen LogP contribution in [0.2, 0.25) is 0 Å². The molecule has 7 heteroatoms. The van der Waals surface area contributed by atoms with Crippen molar-refractivity contribution < 1.29 is 14.3 Å². The number of nitrogens with zero attached hydrogens (tertiary/aromatic N) is 2. The van der Waals surface area contributed by atoms with Gasteiger partial charge in [-0.05, 0) is 18.1 Å². The Bertz CT molecular complexity index is 586. The van der Waals surface area contributed by atoms with Crippen molar-refractivity contribution in [1.82, 2.24) is 20.4 Å². The van der Waals surface area contributed by atoms with Crippen LogP contribution in [0, 0.1) is 0 Å². The minimum Gasteiger partial charge on any atom is -0.379 e. The number of carbonyl (C=O) groups excluding carboxylic acids is 1. The first-order chi connectivity index (χ1) is 13.2. The summed E-state index contributed by atoms with van der Waals surface area (Å²) in [5.74, 6) is 0. The number of ether oxygens (including phenoxy) is 2. The number of amides is 2. The molecule has 0 radical (unpaired) electrons. The second-order valence-electron chi connectivity index (χ2n) is 7.22. The minimum absolute atomic E-state index is 0.115. The SMILES string of the molecule is CC(CNC(=O)NCc1ccccc1CN1CCOCC1)N1CCOCC1. The van der Waals surface area contributed by atoms with Gasteiger partial charge in [0.05, 0.1) is 26.4 Å². The van der Waals surface area contributed by atoms with E-state index in [0.29, 0.717) is 19.1 Å². The van der Waals surface area contributed by atoms with Gasteiger partial charge in [0.15, 0.2) is 0 Å². The molecule has 2 amide bonds. The number of nitrogens with one attached hydrogen (secondary N) is 2. The van der Waals surface area contributed by atoms with Gasteiger partial charge in [0, 0.05) is 51.9 Å². The average Bonchev–Trinajstić information content (AvgIpc) is 2.73. The van der Waals surface area contributed by atoms with Gasteiger partial charge in [0.1, 0.15) is 0 Å². The minimum atomic E-state index is -0.115. The molecule has 0 saturated carbocycles. The van der Waals surface area contributed by atoms with Gasteiger partial charge in [-0.2, -0.15) is 0 Å². The van der Waals surface area contributed by atoms with E-state index >= 15 is 0 Å². The molecule has 7 nitrogen and oxygen atoms in total. The van der Waals surface area contributed by atoms with Crippen molar-refractivity contribution in [3.63, 3.8) is 0 Å². The van der Waals surface area contributed by atoms with Crippen LogP contribution in [0.4, 0.5) is 4.79 Å². The van der Waals surface area contributed by atoms with Crippen LogP contribution in [0.3, 0.4) is 0 Å². The lowest BCUT2D eigenvalue weighted by atomic mass is 10.1. The van der Waals surface area contributed by atoms with E-state index in [1.165, 1.54) is 11.1 Å². The van der Waals surface area contributed by atoms with Crippen molar-refractivity contribution >= 4 is 6.03 Å². The number of hydrogen-bond donors (Lipinski definition) is 2. The van der Waals surface area contributed by atoms with E-state index in [9.17, 15) is 4.79 Å². The average molecular weight is 377 g/mol. The van der Waals surface area contributed by atoms with Gasteiger partial charge in [-0.25, -0.2) is 4.79 Å². The Morgan fingerprint density at radius 2 is 1.63 bits per heavy atom. The Balaban J connectivity index is 1.42. The fourth-order valence-corrected chi connectivity index (χ4v) is 3.51. The quantitative estimate of drug-likeness (QED) is 0.744. The van der Waals surface area contributed by atoms with Crippen LogP contribution in [0.25, 0.3) is 0 Å². The van der Waals surface area contributed by atoms with Gasteiger partial charge < -0.3 is 20.1 Å². The summed E-state index contributed by atoms with van der Waals surface area (Å²) >= 11 is 0. The molecule has 2 saturated heterocycles. The monoisotopic (exact) mass is 376 g/mol. The van der Waals surface area contributed by atoms with Crippen LogP contribution in [-0.2, 0) is 22.6 Å². The molecule has 2 aliphatic heterocycles. The Kier molecular flexibility index (Phi) is 7.89. The van der Waals surface area contributed by atoms with Crippen LogP contribution in [0.15, 0.2) is 24.3 Å². The summed E-state index contributed by atoms with van der Waals surface area (Å²) in [5, 5.41) is 5.99. The summed E-state index contributed by atoms with van der Waals surface area (Å²) in [6.07, 6.45) is 0. The van der Waals surface area contributed by atoms with Crippen molar-refractivity contribution in [2.45, 2.75) is 26.1 Å². The molecule has 0 spiro atoms. The van der Waals surface area contributed by atoms with Crippen LogP contribution < -0.4 is 10.6 Å². The predicted octanol–water partition coefficient (Wildman–Crippen LogP) is 1.04. The van der Waals surface area contributed by atoms with Crippen LogP contribution in [0.1, 0.15) is 18.1 Å². The summed E-state index contributed by atoms with van der Waals surface area (Å²) < 4.78 is 10.8. The standard InChI is InChI=1S/C20H32N4O3/c1-17(24-8-12-27-13-9-24)14-21-20(25)22-15-18-4-2-3-5-19(18)16-23-6-10-26-11-7-23/h2-5,17H,6-16H2,1H3,(H2,21,22,25). The lowest BCUT2D eigenvalue weighted by Crippen LogP contribution is -2.48. The molecule has 0 aliphatic carbocycles. The maximum absolute atomic E-state index is 12.2. The Morgan fingerprint density at radius 1 is 1.00 bits per heavy atom. The molecule has 2 fully saturated rings. The first-order valence-corrected chi connectivity index (χ1v) is 9.93. The molecule has 0 aromatic heterocycles. The van der Waals surface area contributed by atoms with Crippen LogP contribution >= 0.6 is 0 Å².